The summed E-state index contributed by atoms with van der Waals surface area (Å²) in [6, 6.07) is 5.24. The van der Waals surface area contributed by atoms with Crippen molar-refractivity contribution in [2.45, 2.75) is 18.8 Å². The van der Waals surface area contributed by atoms with E-state index in [2.05, 4.69) is 15.5 Å². The van der Waals surface area contributed by atoms with Crippen LogP contribution >= 0.6 is 0 Å². The Kier molecular flexibility index (Phi) is 4.29. The maximum Gasteiger partial charge on any atom is 0.248 e. The van der Waals surface area contributed by atoms with Gasteiger partial charge in [0.1, 0.15) is 0 Å². The number of primary amides is 1. The average molecular weight is 316 g/mol. The fourth-order valence-electron chi connectivity index (χ4n) is 3.17. The molecule has 0 spiro atoms. The first-order valence-electron chi connectivity index (χ1n) is 7.79. The zero-order valence-electron chi connectivity index (χ0n) is 12.8. The Hall–Kier alpha value is -2.41. The molecule has 0 aliphatic carbocycles. The second-order valence-electron chi connectivity index (χ2n) is 5.88. The number of nitrogens with two attached hydrogens (primary N) is 1. The number of carbonyl (C=O) groups excluding carboxylic acids is 3. The number of piperazine rings is 1. The van der Waals surface area contributed by atoms with Crippen molar-refractivity contribution in [3.05, 3.63) is 29.3 Å². The number of anilines is 1. The van der Waals surface area contributed by atoms with Crippen LogP contribution in [0.3, 0.4) is 0 Å². The van der Waals surface area contributed by atoms with Gasteiger partial charge in [0.05, 0.1) is 5.92 Å². The number of nitrogens with zero attached hydrogens (tertiary/aromatic N) is 1. The van der Waals surface area contributed by atoms with Gasteiger partial charge in [0.15, 0.2) is 0 Å². The summed E-state index contributed by atoms with van der Waals surface area (Å²) in [6.45, 7) is 3.39. The van der Waals surface area contributed by atoms with E-state index in [1.54, 1.807) is 12.1 Å². The van der Waals surface area contributed by atoms with Crippen molar-refractivity contribution in [3.8, 4) is 0 Å². The maximum absolute atomic E-state index is 12.2. The van der Waals surface area contributed by atoms with E-state index in [4.69, 9.17) is 5.73 Å². The smallest absolute Gasteiger partial charge is 0.248 e. The molecule has 3 rings (SSSR count). The highest BCUT2D eigenvalue weighted by Crippen LogP contribution is 2.33. The van der Waals surface area contributed by atoms with Gasteiger partial charge in [-0.3, -0.25) is 19.7 Å². The summed E-state index contributed by atoms with van der Waals surface area (Å²) in [5.41, 5.74) is 7.47. The first-order valence-corrected chi connectivity index (χ1v) is 7.79. The number of imide groups is 1. The number of hydrogen-bond donors (Lipinski definition) is 3. The van der Waals surface area contributed by atoms with Crippen LogP contribution < -0.4 is 21.3 Å². The zero-order chi connectivity index (χ0) is 16.4. The molecule has 4 N–H and O–H groups in total. The number of piperidine rings is 1. The van der Waals surface area contributed by atoms with Gasteiger partial charge in [-0.2, -0.15) is 0 Å². The van der Waals surface area contributed by atoms with E-state index in [0.717, 1.165) is 37.4 Å². The molecular weight excluding hydrogens is 296 g/mol. The van der Waals surface area contributed by atoms with E-state index in [1.807, 2.05) is 6.07 Å². The molecule has 0 bridgehead atoms. The first-order chi connectivity index (χ1) is 11.1. The Balaban J connectivity index is 2.00. The van der Waals surface area contributed by atoms with Crippen LogP contribution in [0.4, 0.5) is 5.69 Å². The molecule has 7 nitrogen and oxygen atoms in total. The lowest BCUT2D eigenvalue weighted by molar-refractivity contribution is -0.134. The number of hydrogen-bond acceptors (Lipinski definition) is 5. The molecule has 3 amide bonds. The lowest BCUT2D eigenvalue weighted by atomic mass is 9.87. The van der Waals surface area contributed by atoms with Crippen molar-refractivity contribution in [2.75, 3.05) is 31.1 Å². The second kappa shape index (κ2) is 6.37. The van der Waals surface area contributed by atoms with Gasteiger partial charge in [-0.25, -0.2) is 0 Å². The molecule has 1 aromatic rings. The molecule has 2 fully saturated rings. The van der Waals surface area contributed by atoms with Crippen LogP contribution in [0, 0.1) is 0 Å². The van der Waals surface area contributed by atoms with E-state index in [9.17, 15) is 14.4 Å². The maximum atomic E-state index is 12.2. The van der Waals surface area contributed by atoms with Crippen LogP contribution in [0.1, 0.15) is 34.7 Å². The van der Waals surface area contributed by atoms with Gasteiger partial charge in [-0.15, -0.1) is 0 Å². The summed E-state index contributed by atoms with van der Waals surface area (Å²) >= 11 is 0. The fraction of sp³-hybridized carbons (Fsp3) is 0.438. The third kappa shape index (κ3) is 3.19. The molecule has 1 aromatic carbocycles. The van der Waals surface area contributed by atoms with Crippen LogP contribution in [0.5, 0.6) is 0 Å². The highest BCUT2D eigenvalue weighted by molar-refractivity contribution is 6.02. The highest BCUT2D eigenvalue weighted by atomic mass is 16.2. The van der Waals surface area contributed by atoms with Gasteiger partial charge in [-0.1, -0.05) is 0 Å². The van der Waals surface area contributed by atoms with Crippen molar-refractivity contribution in [2.24, 2.45) is 5.73 Å². The van der Waals surface area contributed by atoms with Crippen molar-refractivity contribution in [1.29, 1.82) is 0 Å². The zero-order valence-corrected chi connectivity index (χ0v) is 12.8. The van der Waals surface area contributed by atoms with Gasteiger partial charge < -0.3 is 16.0 Å². The monoisotopic (exact) mass is 316 g/mol. The molecule has 1 unspecified atom stereocenters. The molecule has 0 aromatic heterocycles. The number of benzene rings is 1. The minimum absolute atomic E-state index is 0.249. The van der Waals surface area contributed by atoms with E-state index in [0.29, 0.717) is 18.4 Å². The Bertz CT molecular complexity index is 653. The van der Waals surface area contributed by atoms with Crippen LogP contribution in [-0.2, 0) is 9.59 Å². The highest BCUT2D eigenvalue weighted by Gasteiger charge is 2.31. The van der Waals surface area contributed by atoms with E-state index in [1.165, 1.54) is 0 Å². The summed E-state index contributed by atoms with van der Waals surface area (Å²) in [7, 11) is 0. The Morgan fingerprint density at radius 3 is 2.61 bits per heavy atom. The summed E-state index contributed by atoms with van der Waals surface area (Å²) in [4.78, 5) is 37.3. The predicted molar refractivity (Wildman–Crippen MR) is 85.2 cm³/mol. The van der Waals surface area contributed by atoms with Crippen molar-refractivity contribution < 1.29 is 14.4 Å². The van der Waals surface area contributed by atoms with Crippen LogP contribution in [-0.4, -0.2) is 43.9 Å². The molecule has 1 atom stereocenters. The van der Waals surface area contributed by atoms with E-state index >= 15 is 0 Å². The standard InChI is InChI=1S/C16H20N4O3/c17-15(22)10-1-3-13(20-7-5-18-6-8-20)12(9-10)11-2-4-14(21)19-16(11)23/h1,3,9,11,18H,2,4-8H2,(H2,17,22)(H,19,21,23). The third-order valence-electron chi connectivity index (χ3n) is 4.38. The second-order valence-corrected chi connectivity index (χ2v) is 5.88. The van der Waals surface area contributed by atoms with Crippen LogP contribution in [0.2, 0.25) is 0 Å². The molecule has 23 heavy (non-hydrogen) atoms. The van der Waals surface area contributed by atoms with Crippen molar-refractivity contribution in [3.63, 3.8) is 0 Å². The van der Waals surface area contributed by atoms with Gasteiger partial charge >= 0.3 is 0 Å². The number of rotatable bonds is 3. The molecule has 2 aliphatic rings. The Labute approximate surface area is 134 Å². The van der Waals surface area contributed by atoms with E-state index in [-0.39, 0.29) is 11.8 Å². The molecule has 122 valence electrons. The first kappa shape index (κ1) is 15.5. The summed E-state index contributed by atoms with van der Waals surface area (Å²) < 4.78 is 0. The molecule has 0 saturated carbocycles. The summed E-state index contributed by atoms with van der Waals surface area (Å²) in [6.07, 6.45) is 0.754. The Morgan fingerprint density at radius 2 is 1.96 bits per heavy atom. The van der Waals surface area contributed by atoms with Gasteiger partial charge in [-0.05, 0) is 30.2 Å². The number of carbonyl (C=O) groups is 3. The lowest BCUT2D eigenvalue weighted by Gasteiger charge is -2.33. The summed E-state index contributed by atoms with van der Waals surface area (Å²) in [5.74, 6) is -1.51. The average Bonchev–Trinajstić information content (AvgIpc) is 2.55. The largest absolute Gasteiger partial charge is 0.369 e. The minimum Gasteiger partial charge on any atom is -0.369 e. The van der Waals surface area contributed by atoms with E-state index < -0.39 is 11.8 Å². The summed E-state index contributed by atoms with van der Waals surface area (Å²) in [5, 5.41) is 5.67. The van der Waals surface area contributed by atoms with Gasteiger partial charge in [0, 0.05) is 43.9 Å². The van der Waals surface area contributed by atoms with Crippen molar-refractivity contribution in [1.82, 2.24) is 10.6 Å². The van der Waals surface area contributed by atoms with Crippen LogP contribution in [0.15, 0.2) is 18.2 Å². The van der Waals surface area contributed by atoms with Gasteiger partial charge in [0.2, 0.25) is 17.7 Å². The molecule has 2 saturated heterocycles. The number of nitrogens with one attached hydrogen (secondary N) is 2. The molecule has 2 aliphatic heterocycles. The molecule has 0 radical (unpaired) electrons. The fourth-order valence-corrected chi connectivity index (χ4v) is 3.17. The molecular formula is C16H20N4O3. The van der Waals surface area contributed by atoms with Gasteiger partial charge in [0.25, 0.3) is 0 Å². The lowest BCUT2D eigenvalue weighted by Crippen LogP contribution is -2.45. The number of amides is 3. The molecule has 7 heteroatoms. The normalized spacial score (nSPS) is 21.9. The third-order valence-corrected chi connectivity index (χ3v) is 4.38. The van der Waals surface area contributed by atoms with Crippen LogP contribution in [0.25, 0.3) is 0 Å². The Morgan fingerprint density at radius 1 is 1.22 bits per heavy atom. The molecule has 2 heterocycles. The van der Waals surface area contributed by atoms with Crippen molar-refractivity contribution >= 4 is 23.4 Å². The predicted octanol–water partition coefficient (Wildman–Crippen LogP) is -0.285. The SMILES string of the molecule is NC(=O)c1ccc(N2CCNCC2)c(C2CCC(=O)NC2=O)c1. The minimum atomic E-state index is -0.523. The topological polar surface area (TPSA) is 105 Å². The quantitative estimate of drug-likeness (QED) is 0.665.